The molecule has 0 saturated heterocycles. The number of ether oxygens (including phenoxy) is 2. The Morgan fingerprint density at radius 1 is 1.06 bits per heavy atom. The van der Waals surface area contributed by atoms with Crippen LogP contribution in [-0.4, -0.2) is 33.3 Å². The van der Waals surface area contributed by atoms with E-state index in [2.05, 4.69) is 41.1 Å². The molecule has 2 aromatic heterocycles. The Labute approximate surface area is 199 Å². The summed E-state index contributed by atoms with van der Waals surface area (Å²) in [6.45, 7) is 3.42. The lowest BCUT2D eigenvalue weighted by Gasteiger charge is -2.10. The zero-order valence-electron chi connectivity index (χ0n) is 19.2. The number of nitrogens with one attached hydrogen (secondary N) is 1. The Bertz CT molecular complexity index is 1300. The number of benzene rings is 2. The van der Waals surface area contributed by atoms with Crippen LogP contribution in [0, 0.1) is 6.92 Å². The molecule has 0 aliphatic carbocycles. The standard InChI is InChI=1S/C26H28N4O2S/c1-17-7-9-18(10-8-17)23-21-6-4-5-15-29-22(16-32-20-13-11-19(31-3)12-14-20)28-30(26(21)29)24(23)25(33)27-2/h7-14H,4-6,15-16H2,1-3H3,(H,27,33). The van der Waals surface area contributed by atoms with Crippen LogP contribution >= 0.6 is 12.2 Å². The van der Waals surface area contributed by atoms with Gasteiger partial charge in [0.25, 0.3) is 0 Å². The van der Waals surface area contributed by atoms with Gasteiger partial charge in [0.05, 0.1) is 7.11 Å². The Balaban J connectivity index is 1.61. The molecule has 1 aliphatic heterocycles. The second-order valence-electron chi connectivity index (χ2n) is 8.37. The van der Waals surface area contributed by atoms with Gasteiger partial charge in [0.15, 0.2) is 5.82 Å². The monoisotopic (exact) mass is 460 g/mol. The maximum Gasteiger partial charge on any atom is 0.169 e. The average Bonchev–Trinajstić information content (AvgIpc) is 3.24. The quantitative estimate of drug-likeness (QED) is 0.414. The second-order valence-corrected chi connectivity index (χ2v) is 8.78. The predicted molar refractivity (Wildman–Crippen MR) is 134 cm³/mol. The number of thiocarbonyl (C=S) groups is 1. The van der Waals surface area contributed by atoms with Gasteiger partial charge in [-0.15, -0.1) is 5.10 Å². The summed E-state index contributed by atoms with van der Waals surface area (Å²) < 4.78 is 15.7. The fraction of sp³-hybridized carbons (Fsp3) is 0.308. The fourth-order valence-electron chi connectivity index (χ4n) is 4.59. The molecule has 4 aromatic rings. The molecule has 0 saturated carbocycles. The number of methoxy groups -OCH3 is 1. The highest BCUT2D eigenvalue weighted by Crippen LogP contribution is 2.37. The zero-order valence-corrected chi connectivity index (χ0v) is 20.0. The number of hydrogen-bond acceptors (Lipinski definition) is 4. The van der Waals surface area contributed by atoms with Crippen molar-refractivity contribution in [3.05, 3.63) is 71.2 Å². The molecular formula is C26H28N4O2S. The minimum Gasteiger partial charge on any atom is -0.497 e. The van der Waals surface area contributed by atoms with Crippen LogP contribution in [-0.2, 0) is 19.6 Å². The van der Waals surface area contributed by atoms with Crippen LogP contribution in [0.3, 0.4) is 0 Å². The first-order chi connectivity index (χ1) is 16.1. The van der Waals surface area contributed by atoms with E-state index >= 15 is 0 Å². The van der Waals surface area contributed by atoms with Gasteiger partial charge in [-0.25, -0.2) is 4.52 Å². The van der Waals surface area contributed by atoms with E-state index in [9.17, 15) is 0 Å². The lowest BCUT2D eigenvalue weighted by atomic mass is 9.97. The van der Waals surface area contributed by atoms with Crippen molar-refractivity contribution in [2.75, 3.05) is 14.2 Å². The van der Waals surface area contributed by atoms with Crippen LogP contribution in [0.15, 0.2) is 48.5 Å². The van der Waals surface area contributed by atoms with Crippen LogP contribution in [0.4, 0.5) is 0 Å². The maximum absolute atomic E-state index is 6.09. The minimum absolute atomic E-state index is 0.388. The lowest BCUT2D eigenvalue weighted by molar-refractivity contribution is 0.288. The molecule has 33 heavy (non-hydrogen) atoms. The van der Waals surface area contributed by atoms with E-state index in [-0.39, 0.29) is 0 Å². The first-order valence-corrected chi connectivity index (χ1v) is 11.7. The van der Waals surface area contributed by atoms with Gasteiger partial charge in [-0.05, 0) is 56.0 Å². The Morgan fingerprint density at radius 2 is 1.79 bits per heavy atom. The van der Waals surface area contributed by atoms with Crippen molar-refractivity contribution >= 4 is 22.9 Å². The number of nitrogens with zero attached hydrogens (tertiary/aromatic N) is 3. The van der Waals surface area contributed by atoms with Gasteiger partial charge in [0, 0.05) is 24.7 Å². The third-order valence-corrected chi connectivity index (χ3v) is 6.67. The highest BCUT2D eigenvalue weighted by Gasteiger charge is 2.28. The maximum atomic E-state index is 6.09. The molecule has 5 rings (SSSR count). The van der Waals surface area contributed by atoms with Crippen molar-refractivity contribution in [3.8, 4) is 22.6 Å². The normalized spacial score (nSPS) is 13.1. The molecule has 0 amide bonds. The first-order valence-electron chi connectivity index (χ1n) is 11.3. The number of hydrogen-bond donors (Lipinski definition) is 1. The van der Waals surface area contributed by atoms with E-state index in [1.54, 1.807) is 7.11 Å². The Kier molecular flexibility index (Phi) is 5.81. The Hall–Kier alpha value is -3.32. The lowest BCUT2D eigenvalue weighted by Crippen LogP contribution is -2.20. The van der Waals surface area contributed by atoms with Gasteiger partial charge in [0.1, 0.15) is 34.4 Å². The second kappa shape index (κ2) is 8.90. The number of aromatic nitrogens is 3. The summed E-state index contributed by atoms with van der Waals surface area (Å²) in [5.74, 6) is 2.50. The smallest absolute Gasteiger partial charge is 0.169 e. The third-order valence-electron chi connectivity index (χ3n) is 6.27. The van der Waals surface area contributed by atoms with Gasteiger partial charge in [-0.3, -0.25) is 0 Å². The van der Waals surface area contributed by atoms with E-state index in [4.69, 9.17) is 26.8 Å². The molecule has 2 aromatic carbocycles. The number of rotatable bonds is 6. The SMILES string of the molecule is CNC(=S)c1c(-c2ccc(C)cc2)c2c3n(c(COc4ccc(OC)cc4)nn13)CCCC2. The third kappa shape index (κ3) is 3.86. The summed E-state index contributed by atoms with van der Waals surface area (Å²) in [5.41, 5.74) is 7.00. The van der Waals surface area contributed by atoms with E-state index in [0.717, 1.165) is 54.5 Å². The molecule has 0 atom stereocenters. The van der Waals surface area contributed by atoms with Crippen molar-refractivity contribution in [3.63, 3.8) is 0 Å². The predicted octanol–water partition coefficient (Wildman–Crippen LogP) is 4.93. The molecule has 0 bridgehead atoms. The van der Waals surface area contributed by atoms with E-state index < -0.39 is 0 Å². The van der Waals surface area contributed by atoms with Crippen molar-refractivity contribution in [1.82, 2.24) is 19.5 Å². The van der Waals surface area contributed by atoms with E-state index in [0.29, 0.717) is 11.6 Å². The van der Waals surface area contributed by atoms with Crippen molar-refractivity contribution in [2.24, 2.45) is 0 Å². The van der Waals surface area contributed by atoms with Gasteiger partial charge in [0.2, 0.25) is 0 Å². The molecule has 0 spiro atoms. The summed E-state index contributed by atoms with van der Waals surface area (Å²) in [7, 11) is 3.53. The van der Waals surface area contributed by atoms with Crippen molar-refractivity contribution in [2.45, 2.75) is 39.3 Å². The Morgan fingerprint density at radius 3 is 2.48 bits per heavy atom. The molecule has 7 heteroatoms. The average molecular weight is 461 g/mol. The van der Waals surface area contributed by atoms with Gasteiger partial charge in [-0.1, -0.05) is 42.0 Å². The molecular weight excluding hydrogens is 432 g/mol. The van der Waals surface area contributed by atoms with E-state index in [1.165, 1.54) is 22.3 Å². The molecule has 3 heterocycles. The van der Waals surface area contributed by atoms with Crippen LogP contribution < -0.4 is 14.8 Å². The fourth-order valence-corrected chi connectivity index (χ4v) is 4.78. The number of aryl methyl sites for hydroxylation is 3. The first kappa shape index (κ1) is 21.5. The zero-order chi connectivity index (χ0) is 22.9. The molecule has 170 valence electrons. The van der Waals surface area contributed by atoms with Gasteiger partial charge < -0.3 is 19.4 Å². The summed E-state index contributed by atoms with van der Waals surface area (Å²) >= 11 is 5.77. The van der Waals surface area contributed by atoms with Crippen molar-refractivity contribution in [1.29, 1.82) is 0 Å². The van der Waals surface area contributed by atoms with Gasteiger partial charge in [-0.2, -0.15) is 0 Å². The molecule has 0 unspecified atom stereocenters. The summed E-state index contributed by atoms with van der Waals surface area (Å²) in [6, 6.07) is 16.3. The van der Waals surface area contributed by atoms with Crippen LogP contribution in [0.2, 0.25) is 0 Å². The molecule has 0 radical (unpaired) electrons. The minimum atomic E-state index is 0.388. The van der Waals surface area contributed by atoms with Crippen LogP contribution in [0.1, 0.15) is 35.5 Å². The molecule has 1 aliphatic rings. The summed E-state index contributed by atoms with van der Waals surface area (Å²) in [4.78, 5) is 0.694. The molecule has 1 N–H and O–H groups in total. The highest BCUT2D eigenvalue weighted by atomic mass is 32.1. The van der Waals surface area contributed by atoms with E-state index in [1.807, 2.05) is 35.8 Å². The van der Waals surface area contributed by atoms with Crippen LogP contribution in [0.5, 0.6) is 11.5 Å². The summed E-state index contributed by atoms with van der Waals surface area (Å²) in [6.07, 6.45) is 3.24. The molecule has 6 nitrogen and oxygen atoms in total. The molecule has 0 fully saturated rings. The summed E-state index contributed by atoms with van der Waals surface area (Å²) in [5, 5.41) is 8.19. The van der Waals surface area contributed by atoms with Gasteiger partial charge >= 0.3 is 0 Å². The highest BCUT2D eigenvalue weighted by molar-refractivity contribution is 7.80. The topological polar surface area (TPSA) is 52.7 Å². The largest absolute Gasteiger partial charge is 0.497 e. The van der Waals surface area contributed by atoms with Crippen LogP contribution in [0.25, 0.3) is 16.8 Å². The van der Waals surface area contributed by atoms with Crippen molar-refractivity contribution < 1.29 is 9.47 Å².